The number of benzene rings is 1. The summed E-state index contributed by atoms with van der Waals surface area (Å²) in [7, 11) is 0. The zero-order valence-electron chi connectivity index (χ0n) is 14.8. The van der Waals surface area contributed by atoms with Crippen LogP contribution in [0.1, 0.15) is 56.1 Å². The molecule has 1 aliphatic carbocycles. The number of nitrogens with zero attached hydrogens (tertiary/aromatic N) is 2. The Balaban J connectivity index is 1.28. The van der Waals surface area contributed by atoms with Gasteiger partial charge in [-0.25, -0.2) is 0 Å². The first-order chi connectivity index (χ1) is 11.8. The summed E-state index contributed by atoms with van der Waals surface area (Å²) in [5.74, 6) is 1.23. The normalized spacial score (nSPS) is 25.2. The number of carbonyl (C=O) groups excluding carboxylic acids is 1. The van der Waals surface area contributed by atoms with Crippen LogP contribution in [0.4, 0.5) is 0 Å². The molecule has 1 aromatic rings. The van der Waals surface area contributed by atoms with Crippen molar-refractivity contribution in [1.82, 2.24) is 9.80 Å². The molecule has 0 radical (unpaired) electrons. The highest BCUT2D eigenvalue weighted by Crippen LogP contribution is 2.29. The van der Waals surface area contributed by atoms with Gasteiger partial charge in [0.2, 0.25) is 5.91 Å². The fraction of sp³-hybridized carbons (Fsp3) is 0.667. The SMILES string of the molecule is O=C(CCC1CCCC1)N1CCC(N2CCc3ccccc3C2)C1. The molecule has 0 bridgehead atoms. The van der Waals surface area contributed by atoms with Gasteiger partial charge in [-0.3, -0.25) is 9.69 Å². The van der Waals surface area contributed by atoms with Crippen LogP contribution in [-0.4, -0.2) is 41.4 Å². The van der Waals surface area contributed by atoms with Crippen LogP contribution in [0.5, 0.6) is 0 Å². The minimum atomic E-state index is 0.404. The van der Waals surface area contributed by atoms with Gasteiger partial charge in [0.1, 0.15) is 0 Å². The number of hydrogen-bond donors (Lipinski definition) is 0. The number of hydrogen-bond acceptors (Lipinski definition) is 2. The van der Waals surface area contributed by atoms with E-state index < -0.39 is 0 Å². The molecular weight excluding hydrogens is 296 g/mol. The molecule has 0 aromatic heterocycles. The third-order valence-electron chi connectivity index (χ3n) is 6.43. The molecule has 1 saturated heterocycles. The second-order valence-corrected chi connectivity index (χ2v) is 7.96. The second kappa shape index (κ2) is 7.26. The van der Waals surface area contributed by atoms with Crippen molar-refractivity contribution in [2.45, 2.75) is 64.0 Å². The van der Waals surface area contributed by atoms with Crippen LogP contribution in [0.15, 0.2) is 24.3 Å². The van der Waals surface area contributed by atoms with Gasteiger partial charge in [0.25, 0.3) is 0 Å². The molecule has 0 spiro atoms. The van der Waals surface area contributed by atoms with E-state index in [4.69, 9.17) is 0 Å². The van der Waals surface area contributed by atoms with E-state index in [0.29, 0.717) is 11.9 Å². The smallest absolute Gasteiger partial charge is 0.222 e. The van der Waals surface area contributed by atoms with Crippen molar-refractivity contribution in [3.63, 3.8) is 0 Å². The summed E-state index contributed by atoms with van der Waals surface area (Å²) in [6.07, 6.45) is 9.66. The molecule has 2 heterocycles. The largest absolute Gasteiger partial charge is 0.341 e. The third kappa shape index (κ3) is 3.51. The summed E-state index contributed by atoms with van der Waals surface area (Å²) in [5, 5.41) is 0. The van der Waals surface area contributed by atoms with Gasteiger partial charge < -0.3 is 4.90 Å². The molecule has 24 heavy (non-hydrogen) atoms. The zero-order valence-corrected chi connectivity index (χ0v) is 14.8. The van der Waals surface area contributed by atoms with Gasteiger partial charge in [0.15, 0.2) is 0 Å². The van der Waals surface area contributed by atoms with Crippen molar-refractivity contribution in [3.05, 3.63) is 35.4 Å². The third-order valence-corrected chi connectivity index (χ3v) is 6.43. The maximum Gasteiger partial charge on any atom is 0.222 e. The Labute approximate surface area is 146 Å². The highest BCUT2D eigenvalue weighted by Gasteiger charge is 2.32. The minimum Gasteiger partial charge on any atom is -0.341 e. The summed E-state index contributed by atoms with van der Waals surface area (Å²) in [6, 6.07) is 9.39. The van der Waals surface area contributed by atoms with E-state index in [1.165, 1.54) is 36.8 Å². The molecule has 3 nitrogen and oxygen atoms in total. The molecule has 3 heteroatoms. The fourth-order valence-corrected chi connectivity index (χ4v) is 4.88. The predicted octanol–water partition coefficient (Wildman–Crippen LogP) is 3.62. The van der Waals surface area contributed by atoms with Gasteiger partial charge in [-0.15, -0.1) is 0 Å². The van der Waals surface area contributed by atoms with E-state index in [2.05, 4.69) is 34.1 Å². The standard InChI is InChI=1S/C21H30N2O/c24-21(10-9-17-5-1-2-6-17)23-14-12-20(16-23)22-13-11-18-7-3-4-8-19(18)15-22/h3-4,7-8,17,20H,1-2,5-6,9-16H2. The minimum absolute atomic E-state index is 0.404. The summed E-state index contributed by atoms with van der Waals surface area (Å²) < 4.78 is 0. The summed E-state index contributed by atoms with van der Waals surface area (Å²) in [5.41, 5.74) is 2.99. The van der Waals surface area contributed by atoms with Crippen LogP contribution in [0.3, 0.4) is 0 Å². The van der Waals surface area contributed by atoms with Crippen LogP contribution in [0.2, 0.25) is 0 Å². The maximum absolute atomic E-state index is 12.5. The Bertz CT molecular complexity index is 579. The number of fused-ring (bicyclic) bond motifs is 1. The number of amides is 1. The Morgan fingerprint density at radius 2 is 1.83 bits per heavy atom. The number of rotatable bonds is 4. The highest BCUT2D eigenvalue weighted by atomic mass is 16.2. The van der Waals surface area contributed by atoms with Gasteiger partial charge in [-0.05, 0) is 36.3 Å². The van der Waals surface area contributed by atoms with Crippen molar-refractivity contribution >= 4 is 5.91 Å². The molecule has 4 rings (SSSR count). The predicted molar refractivity (Wildman–Crippen MR) is 96.7 cm³/mol. The van der Waals surface area contributed by atoms with E-state index in [1.54, 1.807) is 0 Å². The van der Waals surface area contributed by atoms with Gasteiger partial charge in [0.05, 0.1) is 0 Å². The average molecular weight is 326 g/mol. The van der Waals surface area contributed by atoms with E-state index >= 15 is 0 Å². The van der Waals surface area contributed by atoms with E-state index in [0.717, 1.165) is 57.8 Å². The van der Waals surface area contributed by atoms with E-state index in [-0.39, 0.29) is 0 Å². The first-order valence-corrected chi connectivity index (χ1v) is 9.88. The molecule has 0 N–H and O–H groups in total. The quantitative estimate of drug-likeness (QED) is 0.844. The summed E-state index contributed by atoms with van der Waals surface area (Å²) >= 11 is 0. The Morgan fingerprint density at radius 3 is 2.67 bits per heavy atom. The van der Waals surface area contributed by atoms with Gasteiger partial charge in [-0.1, -0.05) is 49.9 Å². The van der Waals surface area contributed by atoms with Crippen LogP contribution < -0.4 is 0 Å². The fourth-order valence-electron chi connectivity index (χ4n) is 4.88. The topological polar surface area (TPSA) is 23.6 Å². The molecule has 1 unspecified atom stereocenters. The van der Waals surface area contributed by atoms with E-state index in [9.17, 15) is 4.79 Å². The van der Waals surface area contributed by atoms with Gasteiger partial charge in [-0.2, -0.15) is 0 Å². The first kappa shape index (κ1) is 16.1. The first-order valence-electron chi connectivity index (χ1n) is 9.88. The van der Waals surface area contributed by atoms with Crippen molar-refractivity contribution in [2.75, 3.05) is 19.6 Å². The molecular formula is C21H30N2O. The van der Waals surface area contributed by atoms with Crippen molar-refractivity contribution in [3.8, 4) is 0 Å². The summed E-state index contributed by atoms with van der Waals surface area (Å²) in [4.78, 5) is 17.3. The number of likely N-dealkylation sites (tertiary alicyclic amines) is 1. The van der Waals surface area contributed by atoms with Crippen molar-refractivity contribution < 1.29 is 4.79 Å². The Kier molecular flexibility index (Phi) is 4.88. The lowest BCUT2D eigenvalue weighted by Crippen LogP contribution is -2.41. The van der Waals surface area contributed by atoms with Crippen LogP contribution in [0, 0.1) is 5.92 Å². The van der Waals surface area contributed by atoms with Crippen LogP contribution in [-0.2, 0) is 17.8 Å². The lowest BCUT2D eigenvalue weighted by molar-refractivity contribution is -0.130. The molecule has 1 saturated carbocycles. The average Bonchev–Trinajstić information content (AvgIpc) is 3.31. The Hall–Kier alpha value is -1.35. The lowest BCUT2D eigenvalue weighted by atomic mass is 9.98. The molecule has 130 valence electrons. The van der Waals surface area contributed by atoms with Gasteiger partial charge >= 0.3 is 0 Å². The van der Waals surface area contributed by atoms with Crippen molar-refractivity contribution in [2.24, 2.45) is 5.92 Å². The zero-order chi connectivity index (χ0) is 16.4. The van der Waals surface area contributed by atoms with Crippen LogP contribution >= 0.6 is 0 Å². The van der Waals surface area contributed by atoms with Gasteiger partial charge in [0, 0.05) is 38.6 Å². The van der Waals surface area contributed by atoms with Crippen LogP contribution in [0.25, 0.3) is 0 Å². The maximum atomic E-state index is 12.5. The molecule has 1 amide bonds. The molecule has 1 atom stereocenters. The highest BCUT2D eigenvalue weighted by molar-refractivity contribution is 5.76. The lowest BCUT2D eigenvalue weighted by Gasteiger charge is -2.33. The molecule has 2 fully saturated rings. The second-order valence-electron chi connectivity index (χ2n) is 7.96. The molecule has 3 aliphatic rings. The number of carbonyl (C=O) groups is 1. The summed E-state index contributed by atoms with van der Waals surface area (Å²) in [6.45, 7) is 4.12. The monoisotopic (exact) mass is 326 g/mol. The van der Waals surface area contributed by atoms with Crippen molar-refractivity contribution in [1.29, 1.82) is 0 Å². The van der Waals surface area contributed by atoms with E-state index in [1.807, 2.05) is 0 Å². The molecule has 2 aliphatic heterocycles. The molecule has 1 aromatic carbocycles. The Morgan fingerprint density at radius 1 is 1.04 bits per heavy atom.